The fraction of sp³-hybridized carbons (Fsp3) is 0.412. The molecule has 0 fully saturated rings. The zero-order valence-electron chi connectivity index (χ0n) is 49.9. The Kier molecular flexibility index (Phi) is 23.2. The van der Waals surface area contributed by atoms with Crippen molar-refractivity contribution in [3.8, 4) is 11.5 Å². The third-order valence-electron chi connectivity index (χ3n) is 15.6. The first kappa shape index (κ1) is 62.2. The van der Waals surface area contributed by atoms with Gasteiger partial charge in [0.05, 0.1) is 0 Å². The van der Waals surface area contributed by atoms with Crippen LogP contribution in [0.25, 0.3) is 0 Å². The van der Waals surface area contributed by atoms with E-state index in [4.69, 9.17) is 9.47 Å². The summed E-state index contributed by atoms with van der Waals surface area (Å²) in [7, 11) is 3.57. The van der Waals surface area contributed by atoms with Gasteiger partial charge < -0.3 is 40.5 Å². The van der Waals surface area contributed by atoms with E-state index in [1.807, 2.05) is 158 Å². The number of ether oxygens (including phenoxy) is 2. The Bertz CT molecular complexity index is 2740. The molecule has 0 saturated carbocycles. The molecule has 2 heterocycles. The van der Waals surface area contributed by atoms with Crippen molar-refractivity contribution >= 4 is 23.6 Å². The summed E-state index contributed by atoms with van der Waals surface area (Å²) in [4.78, 5) is 63.9. The normalized spacial score (nSPS) is 15.6. The number of hydrogen-bond donors (Lipinski definition) is 4. The second kappa shape index (κ2) is 30.6. The number of carbonyl (C=O) groups excluding carboxylic acids is 4. The van der Waals surface area contributed by atoms with Gasteiger partial charge in [0.1, 0.15) is 48.9 Å². The Morgan fingerprint density at radius 1 is 0.476 bits per heavy atom. The molecule has 0 spiro atoms. The van der Waals surface area contributed by atoms with Crippen LogP contribution in [0.4, 0.5) is 0 Å². The number of carbonyl (C=O) groups is 4. The molecule has 436 valence electrons. The molecule has 0 unspecified atom stereocenters. The summed E-state index contributed by atoms with van der Waals surface area (Å²) in [6, 6.07) is 50.1. The summed E-state index contributed by atoms with van der Waals surface area (Å²) in [6.45, 7) is 21.7. The van der Waals surface area contributed by atoms with E-state index >= 15 is 0 Å². The van der Waals surface area contributed by atoms with Crippen molar-refractivity contribution in [2.24, 2.45) is 0 Å². The average molecular weight is 1110 g/mol. The van der Waals surface area contributed by atoms with Crippen LogP contribution in [-0.4, -0.2) is 121 Å². The van der Waals surface area contributed by atoms with Gasteiger partial charge in [0.2, 0.25) is 23.6 Å². The van der Waals surface area contributed by atoms with Crippen molar-refractivity contribution in [2.75, 3.05) is 53.4 Å². The second-order valence-electron chi connectivity index (χ2n) is 22.3. The first-order valence-electron chi connectivity index (χ1n) is 29.3. The fourth-order valence-electron chi connectivity index (χ4n) is 11.4. The Hall–Kier alpha value is -7.36. The summed E-state index contributed by atoms with van der Waals surface area (Å²) in [6.07, 6.45) is 1.29. The molecular weight excluding hydrogens is 1020 g/mol. The van der Waals surface area contributed by atoms with E-state index in [9.17, 15) is 19.2 Å². The van der Waals surface area contributed by atoms with Gasteiger partial charge in [-0.1, -0.05) is 133 Å². The molecule has 4 atom stereocenters. The molecule has 6 aromatic carbocycles. The largest absolute Gasteiger partial charge is 0.489 e. The highest BCUT2D eigenvalue weighted by Crippen LogP contribution is 2.37. The van der Waals surface area contributed by atoms with Crippen LogP contribution in [0.15, 0.2) is 158 Å². The third kappa shape index (κ3) is 16.4. The highest BCUT2D eigenvalue weighted by atomic mass is 16.5. The second-order valence-corrected chi connectivity index (χ2v) is 22.3. The minimum Gasteiger partial charge on any atom is -0.489 e. The number of fused-ring (bicyclic) bond motifs is 2. The maximum absolute atomic E-state index is 14.0. The first-order chi connectivity index (χ1) is 39.6. The number of likely N-dealkylation sites (N-methyl/N-ethyl adjacent to an activating group) is 2. The zero-order valence-corrected chi connectivity index (χ0v) is 49.9. The van der Waals surface area contributed by atoms with E-state index in [0.717, 1.165) is 69.1 Å². The van der Waals surface area contributed by atoms with Crippen LogP contribution in [0, 0.1) is 0 Å². The van der Waals surface area contributed by atoms with Crippen molar-refractivity contribution in [3.05, 3.63) is 202 Å². The average Bonchev–Trinajstić information content (AvgIpc) is 3.57. The van der Waals surface area contributed by atoms with Crippen LogP contribution in [0.1, 0.15) is 124 Å². The van der Waals surface area contributed by atoms with Gasteiger partial charge in [0.25, 0.3) is 0 Å². The smallest absolute Gasteiger partial charge is 0.247 e. The predicted octanol–water partition coefficient (Wildman–Crippen LogP) is 9.77. The van der Waals surface area contributed by atoms with E-state index in [0.29, 0.717) is 76.4 Å². The van der Waals surface area contributed by atoms with Gasteiger partial charge in [-0.2, -0.15) is 0 Å². The van der Waals surface area contributed by atoms with Gasteiger partial charge >= 0.3 is 0 Å². The molecule has 0 aliphatic carbocycles. The van der Waals surface area contributed by atoms with Crippen LogP contribution in [0.5, 0.6) is 11.5 Å². The molecule has 14 nitrogen and oxygen atoms in total. The van der Waals surface area contributed by atoms with Crippen molar-refractivity contribution < 1.29 is 28.7 Å². The number of hydrogen-bond acceptors (Lipinski definition) is 10. The van der Waals surface area contributed by atoms with Gasteiger partial charge in [0, 0.05) is 63.4 Å². The molecule has 0 bridgehead atoms. The zero-order chi connectivity index (χ0) is 58.7. The Morgan fingerprint density at radius 3 is 1.12 bits per heavy atom. The topological polar surface area (TPSA) is 148 Å². The van der Waals surface area contributed by atoms with Crippen LogP contribution in [-0.2, 0) is 45.2 Å². The molecule has 6 aromatic rings. The minimum absolute atomic E-state index is 0.111. The molecule has 82 heavy (non-hydrogen) atoms. The number of rotatable bonds is 24. The maximum atomic E-state index is 14.0. The third-order valence-corrected chi connectivity index (χ3v) is 15.6. The standard InChI is InChI=1S/2C34H44N4O3/c2*1-24(2)37(25(3)4)21-19-36-33(39)32-30-17-16-29(41-23-26-12-8-6-9-13-26)22-28(30)18-20-38(32)34(40)31(35-5)27-14-10-7-11-15-27/h2*6-17,22,24-25,31-32,35H,18-21,23H2,1-5H3,(H,36,39)/t31-,32+;31-,32-/m01/s1. The number of benzene rings is 6. The molecule has 0 saturated heterocycles. The van der Waals surface area contributed by atoms with Gasteiger partial charge in [-0.3, -0.25) is 29.0 Å². The maximum Gasteiger partial charge on any atom is 0.247 e. The summed E-state index contributed by atoms with van der Waals surface area (Å²) in [5, 5.41) is 12.6. The highest BCUT2D eigenvalue weighted by Gasteiger charge is 2.40. The van der Waals surface area contributed by atoms with Gasteiger partial charge in [-0.05, 0) is 151 Å². The quantitative estimate of drug-likeness (QED) is 0.0462. The van der Waals surface area contributed by atoms with Crippen molar-refractivity contribution in [2.45, 2.75) is 130 Å². The van der Waals surface area contributed by atoms with E-state index < -0.39 is 24.2 Å². The van der Waals surface area contributed by atoms with E-state index in [1.165, 1.54) is 0 Å². The molecule has 8 rings (SSSR count). The lowest BCUT2D eigenvalue weighted by molar-refractivity contribution is -0.143. The molecule has 2 aliphatic heterocycles. The van der Waals surface area contributed by atoms with Crippen LogP contribution in [0.3, 0.4) is 0 Å². The fourth-order valence-corrected chi connectivity index (χ4v) is 11.4. The number of nitrogens with one attached hydrogen (secondary N) is 4. The summed E-state index contributed by atoms with van der Waals surface area (Å²) in [5.41, 5.74) is 7.70. The minimum atomic E-state index is -0.722. The molecule has 4 N–H and O–H groups in total. The number of nitrogens with zero attached hydrogens (tertiary/aromatic N) is 4. The van der Waals surface area contributed by atoms with Crippen LogP contribution >= 0.6 is 0 Å². The Labute approximate surface area is 488 Å². The van der Waals surface area contributed by atoms with Crippen molar-refractivity contribution in [3.63, 3.8) is 0 Å². The van der Waals surface area contributed by atoms with Gasteiger partial charge in [-0.25, -0.2) is 0 Å². The molecule has 2 aliphatic rings. The highest BCUT2D eigenvalue weighted by molar-refractivity contribution is 5.93. The molecule has 14 heteroatoms. The van der Waals surface area contributed by atoms with Crippen LogP contribution < -0.4 is 30.7 Å². The SMILES string of the molecule is CN[C@@H](C(=O)N1CCc2cc(OCc3ccccc3)ccc2[C@@H]1C(=O)NCCN(C(C)C)C(C)C)c1ccccc1.CN[C@H](C(=O)N1CCc2cc(OCc3ccccc3)ccc2[C@@H]1C(=O)NCCN(C(C)C)C(C)C)c1ccccc1. The molecule has 4 amide bonds. The lowest BCUT2D eigenvalue weighted by Gasteiger charge is -2.38. The summed E-state index contributed by atoms with van der Waals surface area (Å²) >= 11 is 0. The van der Waals surface area contributed by atoms with Gasteiger partial charge in [-0.15, -0.1) is 0 Å². The first-order valence-corrected chi connectivity index (χ1v) is 29.3. The Balaban J connectivity index is 0.000000236. The van der Waals surface area contributed by atoms with E-state index in [1.54, 1.807) is 23.9 Å². The Morgan fingerprint density at radius 2 is 0.805 bits per heavy atom. The van der Waals surface area contributed by atoms with Crippen molar-refractivity contribution in [1.82, 2.24) is 40.9 Å². The summed E-state index contributed by atoms with van der Waals surface area (Å²) in [5.74, 6) is 0.974. The monoisotopic (exact) mass is 1110 g/mol. The van der Waals surface area contributed by atoms with E-state index in [2.05, 4.69) is 86.5 Å². The van der Waals surface area contributed by atoms with Gasteiger partial charge in [0.15, 0.2) is 0 Å². The van der Waals surface area contributed by atoms with E-state index in [-0.39, 0.29) is 23.6 Å². The lowest BCUT2D eigenvalue weighted by Crippen LogP contribution is -2.51. The molecule has 0 radical (unpaired) electrons. The van der Waals surface area contributed by atoms with Crippen LogP contribution in [0.2, 0.25) is 0 Å². The molecular formula is C68H88N8O6. The number of amides is 4. The molecule has 0 aromatic heterocycles. The lowest BCUT2D eigenvalue weighted by atomic mass is 9.90. The van der Waals surface area contributed by atoms with Crippen molar-refractivity contribution in [1.29, 1.82) is 0 Å². The predicted molar refractivity (Wildman–Crippen MR) is 327 cm³/mol. The summed E-state index contributed by atoms with van der Waals surface area (Å²) < 4.78 is 12.2.